The normalized spacial score (nSPS) is 11.4. The first-order chi connectivity index (χ1) is 12.1. The number of nitrogens with one attached hydrogen (secondary N) is 1. The van der Waals surface area contributed by atoms with Crippen molar-refractivity contribution in [2.45, 2.75) is 39.2 Å². The minimum absolute atomic E-state index is 0.0440. The summed E-state index contributed by atoms with van der Waals surface area (Å²) in [6.07, 6.45) is 1.29. The summed E-state index contributed by atoms with van der Waals surface area (Å²) < 4.78 is 5.46. The molecule has 0 spiro atoms. The van der Waals surface area contributed by atoms with Crippen LogP contribution in [0.3, 0.4) is 0 Å². The second-order valence-corrected chi connectivity index (χ2v) is 5.99. The molecule has 0 radical (unpaired) electrons. The Kier molecular flexibility index (Phi) is 7.03. The first-order valence-electron chi connectivity index (χ1n) is 8.61. The van der Waals surface area contributed by atoms with Gasteiger partial charge in [0.15, 0.2) is 0 Å². The fourth-order valence-electron chi connectivity index (χ4n) is 2.66. The lowest BCUT2D eigenvalue weighted by molar-refractivity contribution is -0.121. The third-order valence-corrected chi connectivity index (χ3v) is 3.87. The van der Waals surface area contributed by atoms with E-state index in [1.54, 1.807) is 0 Å². The van der Waals surface area contributed by atoms with E-state index in [-0.39, 0.29) is 24.8 Å². The lowest BCUT2D eigenvalue weighted by Gasteiger charge is -2.14. The van der Waals surface area contributed by atoms with Gasteiger partial charge in [0.1, 0.15) is 5.75 Å². The quantitative estimate of drug-likeness (QED) is 0.789. The molecule has 0 bridgehead atoms. The molecule has 0 saturated carbocycles. The molecule has 1 unspecified atom stereocenters. The van der Waals surface area contributed by atoms with Gasteiger partial charge in [-0.2, -0.15) is 5.26 Å². The van der Waals surface area contributed by atoms with Crippen molar-refractivity contribution in [3.8, 4) is 22.9 Å². The maximum absolute atomic E-state index is 11.6. The van der Waals surface area contributed by atoms with Crippen LogP contribution in [0.2, 0.25) is 0 Å². The van der Waals surface area contributed by atoms with Crippen molar-refractivity contribution in [2.24, 2.45) is 0 Å². The highest BCUT2D eigenvalue weighted by molar-refractivity contribution is 5.76. The van der Waals surface area contributed by atoms with Crippen LogP contribution in [0, 0.1) is 11.3 Å². The van der Waals surface area contributed by atoms with Crippen molar-refractivity contribution in [2.75, 3.05) is 6.61 Å². The average Bonchev–Trinajstić information content (AvgIpc) is 2.61. The topological polar surface area (TPSA) is 62.1 Å². The van der Waals surface area contributed by atoms with Gasteiger partial charge in [-0.05, 0) is 49.1 Å². The minimum atomic E-state index is -0.0694. The number of nitriles is 1. The Morgan fingerprint density at radius 2 is 1.72 bits per heavy atom. The third kappa shape index (κ3) is 5.96. The zero-order valence-electron chi connectivity index (χ0n) is 14.8. The molecule has 0 aliphatic rings. The first-order valence-corrected chi connectivity index (χ1v) is 8.61. The Morgan fingerprint density at radius 3 is 2.28 bits per heavy atom. The molecule has 1 N–H and O–H groups in total. The van der Waals surface area contributed by atoms with Crippen molar-refractivity contribution >= 4 is 5.91 Å². The monoisotopic (exact) mass is 336 g/mol. The van der Waals surface area contributed by atoms with E-state index >= 15 is 0 Å². The van der Waals surface area contributed by atoms with Gasteiger partial charge in [0, 0.05) is 18.9 Å². The Hall–Kier alpha value is -2.80. The molecular formula is C21H24N2O2. The Balaban J connectivity index is 1.93. The molecule has 4 nitrogen and oxygen atoms in total. The molecule has 1 amide bonds. The zero-order chi connectivity index (χ0) is 18.1. The van der Waals surface area contributed by atoms with E-state index in [0.29, 0.717) is 6.61 Å². The van der Waals surface area contributed by atoms with Crippen molar-refractivity contribution in [3.63, 3.8) is 0 Å². The molecule has 130 valence electrons. The molecule has 0 saturated heterocycles. The van der Waals surface area contributed by atoms with Crippen LogP contribution in [0.25, 0.3) is 11.1 Å². The first kappa shape index (κ1) is 18.5. The number of hydrogen-bond acceptors (Lipinski definition) is 3. The van der Waals surface area contributed by atoms with Gasteiger partial charge in [0.05, 0.1) is 12.7 Å². The highest BCUT2D eigenvalue weighted by Crippen LogP contribution is 2.23. The summed E-state index contributed by atoms with van der Waals surface area (Å²) in [7, 11) is 0. The van der Waals surface area contributed by atoms with E-state index in [1.807, 2.05) is 32.0 Å². The van der Waals surface area contributed by atoms with Gasteiger partial charge in [0.25, 0.3) is 0 Å². The second-order valence-electron chi connectivity index (χ2n) is 5.99. The maximum atomic E-state index is 11.6. The predicted molar refractivity (Wildman–Crippen MR) is 99.2 cm³/mol. The van der Waals surface area contributed by atoms with E-state index in [2.05, 4.69) is 41.7 Å². The molecule has 0 aliphatic heterocycles. The van der Waals surface area contributed by atoms with Gasteiger partial charge in [-0.15, -0.1) is 0 Å². The summed E-state index contributed by atoms with van der Waals surface area (Å²) in [6, 6.07) is 18.5. The van der Waals surface area contributed by atoms with E-state index in [1.165, 1.54) is 5.56 Å². The van der Waals surface area contributed by atoms with Gasteiger partial charge in [0.2, 0.25) is 5.91 Å². The average molecular weight is 336 g/mol. The van der Waals surface area contributed by atoms with Gasteiger partial charge in [-0.1, -0.05) is 36.4 Å². The van der Waals surface area contributed by atoms with Crippen LogP contribution in [0.5, 0.6) is 5.75 Å². The highest BCUT2D eigenvalue weighted by Gasteiger charge is 2.08. The number of hydrogen-bond donors (Lipinski definition) is 1. The standard InChI is InChI=1S/C21H24N2O2/c1-3-25-20-12-10-19(11-13-20)18-8-6-17(7-9-18)15-16(2)23-21(24)5-4-14-22/h6-13,16H,3-5,15H2,1-2H3,(H,23,24). The summed E-state index contributed by atoms with van der Waals surface area (Å²) in [6.45, 7) is 4.61. The smallest absolute Gasteiger partial charge is 0.221 e. The SMILES string of the molecule is CCOc1ccc(-c2ccc(CC(C)NC(=O)CCC#N)cc2)cc1. The number of amides is 1. The molecule has 1 atom stereocenters. The van der Waals surface area contributed by atoms with Crippen LogP contribution in [0.4, 0.5) is 0 Å². The predicted octanol–water partition coefficient (Wildman–Crippen LogP) is 4.10. The second kappa shape index (κ2) is 9.48. The summed E-state index contributed by atoms with van der Waals surface area (Å²) in [5, 5.41) is 11.4. The van der Waals surface area contributed by atoms with Gasteiger partial charge in [-0.3, -0.25) is 4.79 Å². The summed E-state index contributed by atoms with van der Waals surface area (Å²) in [4.78, 5) is 11.6. The number of rotatable bonds is 8. The largest absolute Gasteiger partial charge is 0.494 e. The van der Waals surface area contributed by atoms with Crippen molar-refractivity contribution in [1.29, 1.82) is 5.26 Å². The summed E-state index contributed by atoms with van der Waals surface area (Å²) in [5.74, 6) is 0.809. The molecular weight excluding hydrogens is 312 g/mol. The minimum Gasteiger partial charge on any atom is -0.494 e. The lowest BCUT2D eigenvalue weighted by atomic mass is 10.0. The van der Waals surface area contributed by atoms with Crippen molar-refractivity contribution in [3.05, 3.63) is 54.1 Å². The van der Waals surface area contributed by atoms with Crippen LogP contribution in [-0.4, -0.2) is 18.6 Å². The fourth-order valence-corrected chi connectivity index (χ4v) is 2.66. The Labute approximate surface area is 149 Å². The number of carbonyl (C=O) groups is 1. The Bertz CT molecular complexity index is 715. The van der Waals surface area contributed by atoms with Gasteiger partial charge >= 0.3 is 0 Å². The number of carbonyl (C=O) groups excluding carboxylic acids is 1. The van der Waals surface area contributed by atoms with Crippen LogP contribution >= 0.6 is 0 Å². The molecule has 0 fully saturated rings. The van der Waals surface area contributed by atoms with Gasteiger partial charge < -0.3 is 10.1 Å². The van der Waals surface area contributed by atoms with Crippen LogP contribution in [0.1, 0.15) is 32.3 Å². The zero-order valence-corrected chi connectivity index (χ0v) is 14.8. The van der Waals surface area contributed by atoms with Crippen LogP contribution in [-0.2, 0) is 11.2 Å². The lowest BCUT2D eigenvalue weighted by Crippen LogP contribution is -2.33. The number of nitrogens with zero attached hydrogens (tertiary/aromatic N) is 1. The summed E-state index contributed by atoms with van der Waals surface area (Å²) in [5.41, 5.74) is 3.47. The van der Waals surface area contributed by atoms with Crippen molar-refractivity contribution < 1.29 is 9.53 Å². The fraction of sp³-hybridized carbons (Fsp3) is 0.333. The molecule has 4 heteroatoms. The molecule has 2 aromatic carbocycles. The van der Waals surface area contributed by atoms with E-state index < -0.39 is 0 Å². The highest BCUT2D eigenvalue weighted by atomic mass is 16.5. The van der Waals surface area contributed by atoms with Gasteiger partial charge in [-0.25, -0.2) is 0 Å². The molecule has 25 heavy (non-hydrogen) atoms. The van der Waals surface area contributed by atoms with E-state index in [0.717, 1.165) is 23.3 Å². The summed E-state index contributed by atoms with van der Waals surface area (Å²) >= 11 is 0. The van der Waals surface area contributed by atoms with Crippen LogP contribution < -0.4 is 10.1 Å². The van der Waals surface area contributed by atoms with Crippen LogP contribution in [0.15, 0.2) is 48.5 Å². The third-order valence-electron chi connectivity index (χ3n) is 3.87. The number of ether oxygens (including phenoxy) is 1. The molecule has 0 heterocycles. The number of benzene rings is 2. The molecule has 0 aromatic heterocycles. The molecule has 0 aliphatic carbocycles. The maximum Gasteiger partial charge on any atom is 0.221 e. The van der Waals surface area contributed by atoms with E-state index in [4.69, 9.17) is 10.00 Å². The van der Waals surface area contributed by atoms with E-state index in [9.17, 15) is 4.79 Å². The van der Waals surface area contributed by atoms with Crippen molar-refractivity contribution in [1.82, 2.24) is 5.32 Å². The molecule has 2 aromatic rings. The Morgan fingerprint density at radius 1 is 1.12 bits per heavy atom. The molecule has 2 rings (SSSR count).